The van der Waals surface area contributed by atoms with Gasteiger partial charge in [0.25, 0.3) is 0 Å². The molecule has 1 saturated heterocycles. The van der Waals surface area contributed by atoms with E-state index in [4.69, 9.17) is 5.73 Å². The van der Waals surface area contributed by atoms with Gasteiger partial charge in [-0.05, 0) is 45.1 Å². The quantitative estimate of drug-likeness (QED) is 0.821. The first-order valence-electron chi connectivity index (χ1n) is 7.70. The topological polar surface area (TPSA) is 83.6 Å². The van der Waals surface area contributed by atoms with E-state index in [0.717, 1.165) is 19.3 Å². The van der Waals surface area contributed by atoms with Crippen molar-refractivity contribution in [2.24, 2.45) is 23.0 Å². The molecule has 0 spiro atoms. The third kappa shape index (κ3) is 2.97. The molecule has 0 radical (unpaired) electrons. The Balaban J connectivity index is 1.96. The Hall–Kier alpha value is -1.10. The van der Waals surface area contributed by atoms with Crippen LogP contribution in [-0.2, 0) is 9.59 Å². The van der Waals surface area contributed by atoms with Crippen molar-refractivity contribution in [2.45, 2.75) is 45.4 Å². The number of nitrogens with two attached hydrogens (primary N) is 1. The summed E-state index contributed by atoms with van der Waals surface area (Å²) >= 11 is 0. The van der Waals surface area contributed by atoms with Crippen LogP contribution in [0.1, 0.15) is 45.4 Å². The maximum Gasteiger partial charge on any atom is 0.309 e. The van der Waals surface area contributed by atoms with Gasteiger partial charge in [-0.25, -0.2) is 0 Å². The van der Waals surface area contributed by atoms with Crippen molar-refractivity contribution in [1.82, 2.24) is 4.90 Å². The molecule has 0 aromatic heterocycles. The second-order valence-corrected chi connectivity index (χ2v) is 6.58. The van der Waals surface area contributed by atoms with Crippen LogP contribution in [0.4, 0.5) is 0 Å². The van der Waals surface area contributed by atoms with Gasteiger partial charge in [0.05, 0.1) is 5.41 Å². The lowest BCUT2D eigenvalue weighted by atomic mass is 9.76. The van der Waals surface area contributed by atoms with Gasteiger partial charge in [-0.2, -0.15) is 0 Å². The van der Waals surface area contributed by atoms with Crippen LogP contribution in [0.5, 0.6) is 0 Å². The van der Waals surface area contributed by atoms with Crippen LogP contribution in [0.2, 0.25) is 0 Å². The molecule has 20 heavy (non-hydrogen) atoms. The number of carboxylic acid groups (broad SMARTS) is 1. The zero-order chi connectivity index (χ0) is 14.8. The highest BCUT2D eigenvalue weighted by molar-refractivity contribution is 5.80. The average molecular weight is 282 g/mol. The number of likely N-dealkylation sites (tertiary alicyclic amines) is 1. The summed E-state index contributed by atoms with van der Waals surface area (Å²) in [5.41, 5.74) is 5.13. The summed E-state index contributed by atoms with van der Waals surface area (Å²) in [7, 11) is 0. The predicted molar refractivity (Wildman–Crippen MR) is 76.1 cm³/mol. The van der Waals surface area contributed by atoms with E-state index in [1.807, 2.05) is 4.90 Å². The van der Waals surface area contributed by atoms with Crippen molar-refractivity contribution < 1.29 is 14.7 Å². The largest absolute Gasteiger partial charge is 0.481 e. The molecule has 1 saturated carbocycles. The summed E-state index contributed by atoms with van der Waals surface area (Å²) < 4.78 is 0. The zero-order valence-corrected chi connectivity index (χ0v) is 12.3. The van der Waals surface area contributed by atoms with Gasteiger partial charge in [0.1, 0.15) is 0 Å². The van der Waals surface area contributed by atoms with Crippen molar-refractivity contribution in [2.75, 3.05) is 19.6 Å². The number of carboxylic acids is 1. The standard InChI is InChI=1S/C15H26N2O3/c1-15(14(19)20)6-8-17(9-7-15)13(18)12-5-3-2-4-11(12)10-16/h11-12H,2-10,16H2,1H3,(H,19,20). The molecule has 3 N–H and O–H groups in total. The molecule has 0 bridgehead atoms. The van der Waals surface area contributed by atoms with Crippen LogP contribution in [-0.4, -0.2) is 41.5 Å². The highest BCUT2D eigenvalue weighted by atomic mass is 16.4. The maximum atomic E-state index is 12.6. The van der Waals surface area contributed by atoms with Gasteiger partial charge in [-0.15, -0.1) is 0 Å². The van der Waals surface area contributed by atoms with Gasteiger partial charge in [0, 0.05) is 19.0 Å². The monoisotopic (exact) mass is 282 g/mol. The minimum atomic E-state index is -0.748. The molecule has 114 valence electrons. The van der Waals surface area contributed by atoms with Crippen molar-refractivity contribution in [3.8, 4) is 0 Å². The molecular formula is C15H26N2O3. The lowest BCUT2D eigenvalue weighted by Crippen LogP contribution is -2.49. The molecule has 2 fully saturated rings. The Labute approximate surface area is 120 Å². The third-order valence-electron chi connectivity index (χ3n) is 5.22. The van der Waals surface area contributed by atoms with Crippen LogP contribution in [0, 0.1) is 17.3 Å². The molecule has 2 rings (SSSR count). The van der Waals surface area contributed by atoms with Crippen LogP contribution >= 0.6 is 0 Å². The number of piperidine rings is 1. The van der Waals surface area contributed by atoms with Crippen LogP contribution < -0.4 is 5.73 Å². The molecule has 5 nitrogen and oxygen atoms in total. The second kappa shape index (κ2) is 6.12. The van der Waals surface area contributed by atoms with E-state index in [0.29, 0.717) is 38.4 Å². The second-order valence-electron chi connectivity index (χ2n) is 6.58. The smallest absolute Gasteiger partial charge is 0.309 e. The van der Waals surface area contributed by atoms with Crippen LogP contribution in [0.15, 0.2) is 0 Å². The fraction of sp³-hybridized carbons (Fsp3) is 0.867. The van der Waals surface area contributed by atoms with E-state index in [2.05, 4.69) is 0 Å². The number of amides is 1. The van der Waals surface area contributed by atoms with Crippen molar-refractivity contribution >= 4 is 11.9 Å². The summed E-state index contributed by atoms with van der Waals surface area (Å²) in [6.45, 7) is 3.49. The number of rotatable bonds is 3. The number of hydrogen-bond donors (Lipinski definition) is 2. The first-order chi connectivity index (χ1) is 9.48. The molecular weight excluding hydrogens is 256 g/mol. The van der Waals surface area contributed by atoms with Gasteiger partial charge < -0.3 is 15.7 Å². The minimum Gasteiger partial charge on any atom is -0.481 e. The van der Waals surface area contributed by atoms with Gasteiger partial charge in [0.15, 0.2) is 0 Å². The molecule has 1 aliphatic carbocycles. The van der Waals surface area contributed by atoms with Crippen LogP contribution in [0.3, 0.4) is 0 Å². The Morgan fingerprint density at radius 2 is 1.85 bits per heavy atom. The van der Waals surface area contributed by atoms with Crippen molar-refractivity contribution in [1.29, 1.82) is 0 Å². The Bertz CT molecular complexity index is 375. The van der Waals surface area contributed by atoms with E-state index in [-0.39, 0.29) is 11.8 Å². The number of aliphatic carboxylic acids is 1. The summed E-state index contributed by atoms with van der Waals surface area (Å²) in [4.78, 5) is 25.7. The molecule has 1 heterocycles. The minimum absolute atomic E-state index is 0.0583. The summed E-state index contributed by atoms with van der Waals surface area (Å²) in [5.74, 6) is -0.179. The Morgan fingerprint density at radius 1 is 1.25 bits per heavy atom. The molecule has 1 aliphatic heterocycles. The third-order valence-corrected chi connectivity index (χ3v) is 5.22. The van der Waals surface area contributed by atoms with Gasteiger partial charge >= 0.3 is 5.97 Å². The molecule has 1 amide bonds. The fourth-order valence-corrected chi connectivity index (χ4v) is 3.48. The summed E-state index contributed by atoms with van der Waals surface area (Å²) in [6, 6.07) is 0. The highest BCUT2D eigenvalue weighted by Crippen LogP contribution is 2.35. The summed E-state index contributed by atoms with van der Waals surface area (Å²) in [6.07, 6.45) is 5.36. The molecule has 2 aliphatic rings. The maximum absolute atomic E-state index is 12.6. The number of hydrogen-bond acceptors (Lipinski definition) is 3. The number of carbonyl (C=O) groups is 2. The number of nitrogens with zero attached hydrogens (tertiary/aromatic N) is 1. The van der Waals surface area contributed by atoms with Crippen molar-refractivity contribution in [3.63, 3.8) is 0 Å². The van der Waals surface area contributed by atoms with E-state index in [9.17, 15) is 14.7 Å². The normalized spacial score (nSPS) is 30.0. The lowest BCUT2D eigenvalue weighted by Gasteiger charge is -2.40. The van der Waals surface area contributed by atoms with Gasteiger partial charge in [-0.3, -0.25) is 9.59 Å². The van der Waals surface area contributed by atoms with Gasteiger partial charge in [-0.1, -0.05) is 12.8 Å². The number of carbonyl (C=O) groups excluding carboxylic acids is 1. The zero-order valence-electron chi connectivity index (χ0n) is 12.3. The Kier molecular flexibility index (Phi) is 4.68. The first kappa shape index (κ1) is 15.3. The highest BCUT2D eigenvalue weighted by Gasteiger charge is 2.40. The van der Waals surface area contributed by atoms with Crippen LogP contribution in [0.25, 0.3) is 0 Å². The lowest BCUT2D eigenvalue weighted by molar-refractivity contribution is -0.154. The molecule has 2 unspecified atom stereocenters. The van der Waals surface area contributed by atoms with E-state index in [1.165, 1.54) is 6.42 Å². The molecule has 5 heteroatoms. The SMILES string of the molecule is CC1(C(=O)O)CCN(C(=O)C2CCCCC2CN)CC1. The molecule has 0 aromatic rings. The average Bonchev–Trinajstić information content (AvgIpc) is 2.47. The predicted octanol–water partition coefficient (Wildman–Crippen LogP) is 1.46. The van der Waals surface area contributed by atoms with Crippen molar-refractivity contribution in [3.05, 3.63) is 0 Å². The van der Waals surface area contributed by atoms with Gasteiger partial charge in [0.2, 0.25) is 5.91 Å². The Morgan fingerprint density at radius 3 is 2.40 bits per heavy atom. The molecule has 0 aromatic carbocycles. The van der Waals surface area contributed by atoms with E-state index >= 15 is 0 Å². The molecule has 2 atom stereocenters. The fourth-order valence-electron chi connectivity index (χ4n) is 3.48. The first-order valence-corrected chi connectivity index (χ1v) is 7.70. The van der Waals surface area contributed by atoms with E-state index in [1.54, 1.807) is 6.92 Å². The summed E-state index contributed by atoms with van der Waals surface area (Å²) in [5, 5.41) is 9.23. The van der Waals surface area contributed by atoms with E-state index < -0.39 is 11.4 Å².